The van der Waals surface area contributed by atoms with Crippen LogP contribution in [0.3, 0.4) is 0 Å². The van der Waals surface area contributed by atoms with Gasteiger partial charge in [-0.05, 0) is 18.6 Å². The first kappa shape index (κ1) is 13.9. The molecule has 1 aromatic heterocycles. The minimum Gasteiger partial charge on any atom is -0.475 e. The minimum absolute atomic E-state index is 0.0155. The fourth-order valence-corrected chi connectivity index (χ4v) is 1.24. The maximum Gasteiger partial charge on any atom is 0.213 e. The third kappa shape index (κ3) is 5.63. The van der Waals surface area contributed by atoms with Crippen molar-refractivity contribution in [1.29, 1.82) is 0 Å². The van der Waals surface area contributed by atoms with E-state index in [0.29, 0.717) is 32.3 Å². The van der Waals surface area contributed by atoms with E-state index in [0.717, 1.165) is 5.56 Å². The van der Waals surface area contributed by atoms with Gasteiger partial charge in [-0.3, -0.25) is 0 Å². The molecule has 5 nitrogen and oxygen atoms in total. The Morgan fingerprint density at radius 3 is 2.76 bits per heavy atom. The molecule has 0 spiro atoms. The number of ether oxygens (including phenoxy) is 3. The molecule has 0 unspecified atom stereocenters. The lowest BCUT2D eigenvalue weighted by atomic mass is 10.1. The summed E-state index contributed by atoms with van der Waals surface area (Å²) in [5.74, 6) is 0.579. The van der Waals surface area contributed by atoms with E-state index in [1.807, 2.05) is 19.1 Å². The van der Waals surface area contributed by atoms with Gasteiger partial charge in [-0.25, -0.2) is 4.98 Å². The van der Waals surface area contributed by atoms with Crippen LogP contribution >= 0.6 is 0 Å². The van der Waals surface area contributed by atoms with Crippen LogP contribution in [0.4, 0.5) is 0 Å². The van der Waals surface area contributed by atoms with Crippen LogP contribution < -0.4 is 10.5 Å². The molecule has 0 saturated heterocycles. The number of rotatable bonds is 8. The molecule has 1 rings (SSSR count). The Balaban J connectivity index is 2.24. The Kier molecular flexibility index (Phi) is 6.54. The highest BCUT2D eigenvalue weighted by Gasteiger charge is 2.02. The van der Waals surface area contributed by atoms with E-state index in [9.17, 15) is 0 Å². The lowest BCUT2D eigenvalue weighted by molar-refractivity contribution is 0.0536. The Labute approximate surface area is 102 Å². The monoisotopic (exact) mass is 240 g/mol. The predicted octanol–water partition coefficient (Wildman–Crippen LogP) is 1.14. The second-order valence-corrected chi connectivity index (χ2v) is 3.67. The second kappa shape index (κ2) is 8.00. The van der Waals surface area contributed by atoms with E-state index >= 15 is 0 Å². The summed E-state index contributed by atoms with van der Waals surface area (Å²) in [7, 11) is 1.64. The van der Waals surface area contributed by atoms with Gasteiger partial charge in [0, 0.05) is 25.4 Å². The van der Waals surface area contributed by atoms with Gasteiger partial charge in [0.25, 0.3) is 0 Å². The van der Waals surface area contributed by atoms with Gasteiger partial charge in [-0.1, -0.05) is 0 Å². The number of nitrogens with two attached hydrogens (primary N) is 1. The summed E-state index contributed by atoms with van der Waals surface area (Å²) in [5, 5.41) is 0. The molecule has 5 heteroatoms. The van der Waals surface area contributed by atoms with Gasteiger partial charge < -0.3 is 19.9 Å². The molecule has 0 aliphatic heterocycles. The molecule has 0 saturated carbocycles. The quantitative estimate of drug-likeness (QED) is 0.690. The van der Waals surface area contributed by atoms with Crippen molar-refractivity contribution in [2.75, 3.05) is 33.5 Å². The van der Waals surface area contributed by atoms with Gasteiger partial charge in [0.2, 0.25) is 5.88 Å². The largest absolute Gasteiger partial charge is 0.475 e. The molecule has 0 fully saturated rings. The molecule has 1 aromatic rings. The second-order valence-electron chi connectivity index (χ2n) is 3.67. The van der Waals surface area contributed by atoms with Crippen molar-refractivity contribution in [3.05, 3.63) is 23.9 Å². The molecule has 1 atom stereocenters. The van der Waals surface area contributed by atoms with E-state index in [1.165, 1.54) is 0 Å². The van der Waals surface area contributed by atoms with Crippen molar-refractivity contribution in [3.63, 3.8) is 0 Å². The van der Waals surface area contributed by atoms with Gasteiger partial charge in [-0.15, -0.1) is 0 Å². The average Bonchev–Trinajstić information content (AvgIpc) is 2.34. The fraction of sp³-hybridized carbons (Fsp3) is 0.583. The van der Waals surface area contributed by atoms with Crippen LogP contribution in [0.5, 0.6) is 5.88 Å². The Hall–Kier alpha value is -1.17. The molecule has 0 bridgehead atoms. The maximum absolute atomic E-state index is 5.77. The zero-order valence-electron chi connectivity index (χ0n) is 10.4. The van der Waals surface area contributed by atoms with E-state index in [4.69, 9.17) is 19.9 Å². The Bertz CT molecular complexity index is 318. The van der Waals surface area contributed by atoms with Crippen LogP contribution in [0.2, 0.25) is 0 Å². The minimum atomic E-state index is -0.0155. The summed E-state index contributed by atoms with van der Waals surface area (Å²) >= 11 is 0. The van der Waals surface area contributed by atoms with Crippen LogP contribution in [-0.4, -0.2) is 38.5 Å². The predicted molar refractivity (Wildman–Crippen MR) is 65.0 cm³/mol. The molecule has 2 N–H and O–H groups in total. The van der Waals surface area contributed by atoms with E-state index in [-0.39, 0.29) is 6.04 Å². The first-order valence-electron chi connectivity index (χ1n) is 5.65. The molecule has 0 aromatic carbocycles. The van der Waals surface area contributed by atoms with E-state index < -0.39 is 0 Å². The number of nitrogens with zero attached hydrogens (tertiary/aromatic N) is 1. The van der Waals surface area contributed by atoms with Crippen molar-refractivity contribution in [2.24, 2.45) is 5.73 Å². The third-order valence-corrected chi connectivity index (χ3v) is 2.19. The molecule has 1 heterocycles. The van der Waals surface area contributed by atoms with Crippen molar-refractivity contribution >= 4 is 0 Å². The van der Waals surface area contributed by atoms with Crippen molar-refractivity contribution in [1.82, 2.24) is 4.98 Å². The summed E-state index contributed by atoms with van der Waals surface area (Å²) in [6.07, 6.45) is 1.69. The number of methoxy groups -OCH3 is 1. The van der Waals surface area contributed by atoms with E-state index in [2.05, 4.69) is 4.98 Å². The number of pyridine rings is 1. The van der Waals surface area contributed by atoms with Crippen molar-refractivity contribution < 1.29 is 14.2 Å². The zero-order chi connectivity index (χ0) is 12.5. The van der Waals surface area contributed by atoms with Crippen LogP contribution in [-0.2, 0) is 9.47 Å². The SMILES string of the molecule is COCCOCCOc1cc([C@@H](C)N)ccn1. The molecule has 0 aliphatic rings. The normalized spacial score (nSPS) is 12.4. The number of hydrogen-bond acceptors (Lipinski definition) is 5. The third-order valence-electron chi connectivity index (χ3n) is 2.19. The van der Waals surface area contributed by atoms with Crippen molar-refractivity contribution in [2.45, 2.75) is 13.0 Å². The van der Waals surface area contributed by atoms with Crippen LogP contribution in [0.15, 0.2) is 18.3 Å². The van der Waals surface area contributed by atoms with Crippen LogP contribution in [0, 0.1) is 0 Å². The highest BCUT2D eigenvalue weighted by Crippen LogP contribution is 2.14. The highest BCUT2D eigenvalue weighted by molar-refractivity contribution is 5.22. The summed E-state index contributed by atoms with van der Waals surface area (Å²) in [5.41, 5.74) is 6.78. The molecule has 96 valence electrons. The molecule has 17 heavy (non-hydrogen) atoms. The van der Waals surface area contributed by atoms with Crippen molar-refractivity contribution in [3.8, 4) is 5.88 Å². The lowest BCUT2D eigenvalue weighted by Crippen LogP contribution is -2.11. The van der Waals surface area contributed by atoms with Crippen LogP contribution in [0.1, 0.15) is 18.5 Å². The zero-order valence-corrected chi connectivity index (χ0v) is 10.4. The number of hydrogen-bond donors (Lipinski definition) is 1. The molecule has 0 radical (unpaired) electrons. The first-order chi connectivity index (χ1) is 8.24. The Morgan fingerprint density at radius 1 is 1.29 bits per heavy atom. The fourth-order valence-electron chi connectivity index (χ4n) is 1.24. The molecular weight excluding hydrogens is 220 g/mol. The Morgan fingerprint density at radius 2 is 2.06 bits per heavy atom. The summed E-state index contributed by atoms with van der Waals surface area (Å²) in [6.45, 7) is 4.09. The van der Waals surface area contributed by atoms with Gasteiger partial charge >= 0.3 is 0 Å². The summed E-state index contributed by atoms with van der Waals surface area (Å²) in [6, 6.07) is 3.71. The maximum atomic E-state index is 5.77. The number of aromatic nitrogens is 1. The van der Waals surface area contributed by atoms with E-state index in [1.54, 1.807) is 13.3 Å². The molecule has 0 amide bonds. The summed E-state index contributed by atoms with van der Waals surface area (Å²) < 4.78 is 15.6. The summed E-state index contributed by atoms with van der Waals surface area (Å²) in [4.78, 5) is 4.10. The first-order valence-corrected chi connectivity index (χ1v) is 5.65. The smallest absolute Gasteiger partial charge is 0.213 e. The van der Waals surface area contributed by atoms with Gasteiger partial charge in [0.15, 0.2) is 0 Å². The van der Waals surface area contributed by atoms with Gasteiger partial charge in [0.1, 0.15) is 6.61 Å². The topological polar surface area (TPSA) is 66.6 Å². The standard InChI is InChI=1S/C12H20N2O3/c1-10(13)11-3-4-14-12(9-11)17-8-7-16-6-5-15-2/h3-4,9-10H,5-8,13H2,1-2H3/t10-/m1/s1. The lowest BCUT2D eigenvalue weighted by Gasteiger charge is -2.09. The van der Waals surface area contributed by atoms with Crippen LogP contribution in [0.25, 0.3) is 0 Å². The molecular formula is C12H20N2O3. The van der Waals surface area contributed by atoms with Gasteiger partial charge in [-0.2, -0.15) is 0 Å². The van der Waals surface area contributed by atoms with Gasteiger partial charge in [0.05, 0.1) is 19.8 Å². The highest BCUT2D eigenvalue weighted by atomic mass is 16.5. The molecule has 0 aliphatic carbocycles. The average molecular weight is 240 g/mol.